The average Bonchev–Trinajstić information content (AvgIpc) is 3.12. The molecule has 0 bridgehead atoms. The molecule has 1 aliphatic heterocycles. The molecule has 1 aliphatic rings. The van der Waals surface area contributed by atoms with Crippen LogP contribution in [0.5, 0.6) is 0 Å². The molecule has 3 rings (SSSR count). The summed E-state index contributed by atoms with van der Waals surface area (Å²) in [5.41, 5.74) is 1.88. The number of nitrogens with one attached hydrogen (secondary N) is 1. The van der Waals surface area contributed by atoms with Crippen LogP contribution in [-0.2, 0) is 20.9 Å². The van der Waals surface area contributed by atoms with Crippen molar-refractivity contribution >= 4 is 11.8 Å². The van der Waals surface area contributed by atoms with Gasteiger partial charge in [0.2, 0.25) is 11.8 Å². The highest BCUT2D eigenvalue weighted by atomic mass is 16.5. The van der Waals surface area contributed by atoms with E-state index in [1.807, 2.05) is 45.0 Å². The van der Waals surface area contributed by atoms with Crippen molar-refractivity contribution in [3.63, 3.8) is 0 Å². The van der Waals surface area contributed by atoms with E-state index in [1.165, 1.54) is 0 Å². The van der Waals surface area contributed by atoms with Crippen molar-refractivity contribution in [2.75, 3.05) is 13.7 Å². The summed E-state index contributed by atoms with van der Waals surface area (Å²) in [5, 5.41) is 6.66. The predicted octanol–water partition coefficient (Wildman–Crippen LogP) is 1.72. The van der Waals surface area contributed by atoms with Crippen LogP contribution in [0.2, 0.25) is 0 Å². The van der Waals surface area contributed by atoms with Crippen molar-refractivity contribution in [1.29, 1.82) is 0 Å². The van der Waals surface area contributed by atoms with Gasteiger partial charge in [-0.2, -0.15) is 4.98 Å². The Labute approximate surface area is 157 Å². The van der Waals surface area contributed by atoms with Gasteiger partial charge in [0.25, 0.3) is 5.91 Å². The molecular weight excluding hydrogens is 348 g/mol. The minimum absolute atomic E-state index is 0.119. The molecule has 1 aromatic heterocycles. The molecule has 2 atom stereocenters. The number of hydrogen-bond donors (Lipinski definition) is 1. The third-order valence-corrected chi connectivity index (χ3v) is 4.65. The second kappa shape index (κ2) is 7.87. The number of aryl methyl sites for hydroxylation is 1. The van der Waals surface area contributed by atoms with Crippen LogP contribution in [0.25, 0.3) is 0 Å². The van der Waals surface area contributed by atoms with Crippen molar-refractivity contribution in [3.05, 3.63) is 47.1 Å². The number of amides is 2. The monoisotopic (exact) mass is 372 g/mol. The number of aromatic nitrogens is 2. The third-order valence-electron chi connectivity index (χ3n) is 4.65. The molecule has 2 amide bonds. The molecule has 1 aromatic carbocycles. The molecule has 0 saturated carbocycles. The van der Waals surface area contributed by atoms with Crippen LogP contribution in [0.15, 0.2) is 28.8 Å². The number of nitrogens with zero attached hydrogens (tertiary/aromatic N) is 3. The Hall–Kier alpha value is -2.74. The molecule has 2 unspecified atom stereocenters. The van der Waals surface area contributed by atoms with Gasteiger partial charge in [-0.1, -0.05) is 43.3 Å². The second-order valence-corrected chi connectivity index (χ2v) is 6.96. The maximum atomic E-state index is 12.8. The fourth-order valence-electron chi connectivity index (χ4n) is 3.06. The maximum absolute atomic E-state index is 12.8. The highest BCUT2D eigenvalue weighted by Crippen LogP contribution is 2.31. The Bertz CT molecular complexity index is 833. The zero-order valence-corrected chi connectivity index (χ0v) is 15.9. The lowest BCUT2D eigenvalue weighted by Gasteiger charge is -2.38. The van der Waals surface area contributed by atoms with Gasteiger partial charge in [0.05, 0.1) is 12.6 Å². The van der Waals surface area contributed by atoms with Crippen molar-refractivity contribution < 1.29 is 18.8 Å². The second-order valence-electron chi connectivity index (χ2n) is 6.96. The summed E-state index contributed by atoms with van der Waals surface area (Å²) < 4.78 is 10.8. The molecule has 1 N–H and O–H groups in total. The summed E-state index contributed by atoms with van der Waals surface area (Å²) in [5.74, 6) is 0.565. The third kappa shape index (κ3) is 4.00. The molecule has 144 valence electrons. The van der Waals surface area contributed by atoms with Crippen LogP contribution in [0.4, 0.5) is 0 Å². The fraction of sp³-hybridized carbons (Fsp3) is 0.474. The standard InChI is InChI=1S/C19H24N4O4/c1-11(2)19-21-14(22-27-19)9-20-18(25)17-16(23(4)15(24)10-26-17)13-8-6-5-7-12(13)3/h5-8,11,16-17H,9-10H2,1-4H3,(H,20,25). The molecular formula is C19H24N4O4. The highest BCUT2D eigenvalue weighted by molar-refractivity contribution is 5.86. The zero-order valence-electron chi connectivity index (χ0n) is 15.9. The van der Waals surface area contributed by atoms with Crippen LogP contribution >= 0.6 is 0 Å². The largest absolute Gasteiger partial charge is 0.356 e. The first-order valence-corrected chi connectivity index (χ1v) is 8.91. The first kappa shape index (κ1) is 19.0. The Morgan fingerprint density at radius 3 is 2.78 bits per heavy atom. The first-order chi connectivity index (χ1) is 12.9. The molecule has 8 nitrogen and oxygen atoms in total. The van der Waals surface area contributed by atoms with Crippen LogP contribution in [0, 0.1) is 6.92 Å². The average molecular weight is 372 g/mol. The molecule has 0 spiro atoms. The lowest BCUT2D eigenvalue weighted by atomic mass is 9.94. The Kier molecular flexibility index (Phi) is 5.55. The van der Waals surface area contributed by atoms with E-state index in [4.69, 9.17) is 9.26 Å². The minimum Gasteiger partial charge on any atom is -0.356 e. The van der Waals surface area contributed by atoms with E-state index < -0.39 is 12.1 Å². The van der Waals surface area contributed by atoms with Crippen molar-refractivity contribution in [2.45, 2.75) is 45.4 Å². The number of morpholine rings is 1. The molecule has 1 fully saturated rings. The van der Waals surface area contributed by atoms with Crippen molar-refractivity contribution in [3.8, 4) is 0 Å². The van der Waals surface area contributed by atoms with Gasteiger partial charge in [-0.05, 0) is 18.1 Å². The Morgan fingerprint density at radius 1 is 1.37 bits per heavy atom. The summed E-state index contributed by atoms with van der Waals surface area (Å²) in [4.78, 5) is 30.8. The molecule has 1 saturated heterocycles. The minimum atomic E-state index is -0.815. The number of ether oxygens (including phenoxy) is 1. The summed E-state index contributed by atoms with van der Waals surface area (Å²) in [7, 11) is 1.69. The highest BCUT2D eigenvalue weighted by Gasteiger charge is 2.40. The van der Waals surface area contributed by atoms with E-state index >= 15 is 0 Å². The van der Waals surface area contributed by atoms with Gasteiger partial charge >= 0.3 is 0 Å². The topological polar surface area (TPSA) is 97.6 Å². The van der Waals surface area contributed by atoms with Crippen LogP contribution in [0.3, 0.4) is 0 Å². The van der Waals surface area contributed by atoms with Gasteiger partial charge in [0.15, 0.2) is 11.9 Å². The lowest BCUT2D eigenvalue weighted by molar-refractivity contribution is -0.162. The summed E-state index contributed by atoms with van der Waals surface area (Å²) in [6.07, 6.45) is -0.815. The summed E-state index contributed by atoms with van der Waals surface area (Å²) >= 11 is 0. The number of benzene rings is 1. The molecule has 0 aliphatic carbocycles. The normalized spacial score (nSPS) is 20.2. The van der Waals surface area contributed by atoms with E-state index in [0.717, 1.165) is 11.1 Å². The van der Waals surface area contributed by atoms with Crippen molar-refractivity contribution in [2.24, 2.45) is 0 Å². The van der Waals surface area contributed by atoms with Crippen LogP contribution in [0.1, 0.15) is 48.6 Å². The fourth-order valence-corrected chi connectivity index (χ4v) is 3.06. The SMILES string of the molecule is Cc1ccccc1C1C(C(=O)NCc2noc(C(C)C)n2)OCC(=O)N1C. The van der Waals surface area contributed by atoms with Crippen molar-refractivity contribution in [1.82, 2.24) is 20.4 Å². The number of carbonyl (C=O) groups is 2. The first-order valence-electron chi connectivity index (χ1n) is 8.91. The van der Waals surface area contributed by atoms with Crippen LogP contribution < -0.4 is 5.32 Å². The number of hydrogen-bond acceptors (Lipinski definition) is 6. The van der Waals surface area contributed by atoms with E-state index in [9.17, 15) is 9.59 Å². The van der Waals surface area contributed by atoms with Gasteiger partial charge in [0.1, 0.15) is 6.61 Å². The van der Waals surface area contributed by atoms with E-state index in [2.05, 4.69) is 15.5 Å². The molecule has 2 heterocycles. The van der Waals surface area contributed by atoms with Crippen LogP contribution in [-0.4, -0.2) is 46.6 Å². The van der Waals surface area contributed by atoms with Gasteiger partial charge in [0, 0.05) is 13.0 Å². The zero-order chi connectivity index (χ0) is 19.6. The molecule has 8 heteroatoms. The number of rotatable bonds is 5. The van der Waals surface area contributed by atoms with Gasteiger partial charge in [-0.25, -0.2) is 0 Å². The lowest BCUT2D eigenvalue weighted by Crippen LogP contribution is -2.53. The quantitative estimate of drug-likeness (QED) is 0.858. The van der Waals surface area contributed by atoms with E-state index in [0.29, 0.717) is 11.7 Å². The summed E-state index contributed by atoms with van der Waals surface area (Å²) in [6.45, 7) is 5.85. The van der Waals surface area contributed by atoms with Gasteiger partial charge in [-0.3, -0.25) is 9.59 Å². The maximum Gasteiger partial charge on any atom is 0.252 e. The van der Waals surface area contributed by atoms with Gasteiger partial charge < -0.3 is 19.5 Å². The van der Waals surface area contributed by atoms with E-state index in [1.54, 1.807) is 11.9 Å². The number of likely N-dealkylation sites (N-methyl/N-ethyl adjacent to an activating group) is 1. The molecule has 0 radical (unpaired) electrons. The Morgan fingerprint density at radius 2 is 2.11 bits per heavy atom. The van der Waals surface area contributed by atoms with E-state index in [-0.39, 0.29) is 30.9 Å². The predicted molar refractivity (Wildman–Crippen MR) is 96.7 cm³/mol. The van der Waals surface area contributed by atoms with Gasteiger partial charge in [-0.15, -0.1) is 0 Å². The Balaban J connectivity index is 1.76. The number of carbonyl (C=O) groups excluding carboxylic acids is 2. The smallest absolute Gasteiger partial charge is 0.252 e. The molecule has 27 heavy (non-hydrogen) atoms. The summed E-state index contributed by atoms with van der Waals surface area (Å²) in [6, 6.07) is 7.17. The molecule has 2 aromatic rings.